The molecule has 2 unspecified atom stereocenters. The van der Waals surface area contributed by atoms with E-state index < -0.39 is 6.10 Å². The molecule has 0 saturated carbocycles. The first kappa shape index (κ1) is 13.5. The normalized spacial score (nSPS) is 23.0. The van der Waals surface area contributed by atoms with Crippen LogP contribution in [-0.4, -0.2) is 40.9 Å². The Morgan fingerprint density at radius 1 is 1.39 bits per heavy atom. The fraction of sp³-hybridized carbons (Fsp3) is 0.600. The molecular weight excluding hydrogens is 226 g/mol. The highest BCUT2D eigenvalue weighted by Crippen LogP contribution is 2.21. The van der Waals surface area contributed by atoms with Crippen molar-refractivity contribution < 1.29 is 10.2 Å². The van der Waals surface area contributed by atoms with E-state index in [2.05, 4.69) is 17.9 Å². The van der Waals surface area contributed by atoms with E-state index >= 15 is 0 Å². The van der Waals surface area contributed by atoms with Crippen LogP contribution in [0.4, 0.5) is 0 Å². The molecular formula is C15H23NO2. The largest absolute Gasteiger partial charge is 0.392 e. The Hall–Kier alpha value is -0.900. The van der Waals surface area contributed by atoms with Crippen LogP contribution < -0.4 is 0 Å². The summed E-state index contributed by atoms with van der Waals surface area (Å²) < 4.78 is 0. The van der Waals surface area contributed by atoms with E-state index in [-0.39, 0.29) is 6.10 Å². The van der Waals surface area contributed by atoms with Gasteiger partial charge in [-0.15, -0.1) is 0 Å². The Kier molecular flexibility index (Phi) is 4.38. The van der Waals surface area contributed by atoms with E-state index in [1.807, 2.05) is 19.1 Å². The molecule has 1 aromatic carbocycles. The van der Waals surface area contributed by atoms with Crippen molar-refractivity contribution >= 4 is 0 Å². The summed E-state index contributed by atoms with van der Waals surface area (Å²) in [6.45, 7) is 6.36. The topological polar surface area (TPSA) is 43.7 Å². The first-order valence-corrected chi connectivity index (χ1v) is 6.72. The third-order valence-corrected chi connectivity index (χ3v) is 3.70. The number of β-amino-alcohol motifs (C(OH)–C–C–N with tert-alkyl or cyclic N) is 2. The molecule has 0 bridgehead atoms. The molecule has 2 atom stereocenters. The summed E-state index contributed by atoms with van der Waals surface area (Å²) in [6, 6.07) is 6.15. The van der Waals surface area contributed by atoms with Gasteiger partial charge in [-0.25, -0.2) is 0 Å². The molecule has 1 aliphatic rings. The third kappa shape index (κ3) is 3.31. The number of aliphatic hydroxyl groups is 2. The third-order valence-electron chi connectivity index (χ3n) is 3.70. The van der Waals surface area contributed by atoms with Crippen LogP contribution in [0.1, 0.15) is 35.6 Å². The average molecular weight is 249 g/mol. The minimum absolute atomic E-state index is 0.231. The molecule has 3 nitrogen and oxygen atoms in total. The molecule has 0 spiro atoms. The van der Waals surface area contributed by atoms with Gasteiger partial charge < -0.3 is 10.2 Å². The number of rotatable bonds is 3. The molecule has 0 radical (unpaired) electrons. The molecule has 1 aromatic rings. The first-order valence-electron chi connectivity index (χ1n) is 6.72. The zero-order valence-corrected chi connectivity index (χ0v) is 11.3. The number of piperidine rings is 1. The zero-order chi connectivity index (χ0) is 13.1. The molecule has 2 N–H and O–H groups in total. The van der Waals surface area contributed by atoms with E-state index in [4.69, 9.17) is 0 Å². The second-order valence-corrected chi connectivity index (χ2v) is 5.43. The van der Waals surface area contributed by atoms with Crippen LogP contribution in [0.3, 0.4) is 0 Å². The van der Waals surface area contributed by atoms with Crippen LogP contribution in [0.25, 0.3) is 0 Å². The van der Waals surface area contributed by atoms with E-state index in [9.17, 15) is 10.2 Å². The van der Waals surface area contributed by atoms with Crippen molar-refractivity contribution in [1.82, 2.24) is 4.90 Å². The monoisotopic (exact) mass is 249 g/mol. The zero-order valence-electron chi connectivity index (χ0n) is 11.3. The first-order chi connectivity index (χ1) is 8.56. The lowest BCUT2D eigenvalue weighted by atomic mass is 10.00. The van der Waals surface area contributed by atoms with Gasteiger partial charge in [0.2, 0.25) is 0 Å². The summed E-state index contributed by atoms with van der Waals surface area (Å²) in [6.07, 6.45) is 1.21. The van der Waals surface area contributed by atoms with Crippen LogP contribution in [0.5, 0.6) is 0 Å². The Morgan fingerprint density at radius 2 is 2.17 bits per heavy atom. The second kappa shape index (κ2) is 5.83. The Bertz CT molecular complexity index is 405. The van der Waals surface area contributed by atoms with E-state index in [1.54, 1.807) is 0 Å². The van der Waals surface area contributed by atoms with Crippen molar-refractivity contribution in [3.63, 3.8) is 0 Å². The lowest BCUT2D eigenvalue weighted by Gasteiger charge is -2.31. The van der Waals surface area contributed by atoms with E-state index in [0.29, 0.717) is 13.1 Å². The number of nitrogens with zero attached hydrogens (tertiary/aromatic N) is 1. The maximum absolute atomic E-state index is 10.3. The summed E-state index contributed by atoms with van der Waals surface area (Å²) in [5, 5.41) is 19.9. The molecule has 1 heterocycles. The molecule has 2 rings (SSSR count). The van der Waals surface area contributed by atoms with Gasteiger partial charge in [-0.1, -0.05) is 23.8 Å². The Labute approximate surface area is 109 Å². The molecule has 18 heavy (non-hydrogen) atoms. The lowest BCUT2D eigenvalue weighted by Crippen LogP contribution is -2.40. The number of aryl methyl sites for hydroxylation is 2. The van der Waals surface area contributed by atoms with E-state index in [1.165, 1.54) is 5.56 Å². The van der Waals surface area contributed by atoms with Gasteiger partial charge in [0.15, 0.2) is 0 Å². The van der Waals surface area contributed by atoms with Gasteiger partial charge in [-0.2, -0.15) is 0 Å². The smallest absolute Gasteiger partial charge is 0.0919 e. The molecule has 0 amide bonds. The van der Waals surface area contributed by atoms with Gasteiger partial charge in [0.1, 0.15) is 0 Å². The van der Waals surface area contributed by atoms with Crippen LogP contribution in [0, 0.1) is 13.8 Å². The second-order valence-electron chi connectivity index (χ2n) is 5.43. The summed E-state index contributed by atoms with van der Waals surface area (Å²) >= 11 is 0. The highest BCUT2D eigenvalue weighted by atomic mass is 16.3. The highest BCUT2D eigenvalue weighted by molar-refractivity contribution is 5.32. The molecule has 1 saturated heterocycles. The fourth-order valence-corrected chi connectivity index (χ4v) is 2.74. The summed E-state index contributed by atoms with van der Waals surface area (Å²) in [4.78, 5) is 2.15. The van der Waals surface area contributed by atoms with Crippen LogP contribution in [0.15, 0.2) is 18.2 Å². The van der Waals surface area contributed by atoms with Crippen molar-refractivity contribution in [2.45, 2.75) is 38.9 Å². The van der Waals surface area contributed by atoms with Crippen molar-refractivity contribution in [2.75, 3.05) is 19.6 Å². The summed E-state index contributed by atoms with van der Waals surface area (Å²) in [5.41, 5.74) is 3.36. The lowest BCUT2D eigenvalue weighted by molar-refractivity contribution is 0.0390. The number of hydrogen-bond acceptors (Lipinski definition) is 3. The molecule has 1 fully saturated rings. The van der Waals surface area contributed by atoms with Crippen molar-refractivity contribution in [3.05, 3.63) is 34.9 Å². The highest BCUT2D eigenvalue weighted by Gasteiger charge is 2.21. The SMILES string of the molecule is Cc1ccc(C(O)CN2CCCC(O)C2)c(C)c1. The minimum atomic E-state index is -0.462. The van der Waals surface area contributed by atoms with Crippen molar-refractivity contribution in [1.29, 1.82) is 0 Å². The number of likely N-dealkylation sites (tertiary alicyclic amines) is 1. The van der Waals surface area contributed by atoms with Gasteiger partial charge in [0, 0.05) is 13.1 Å². The Morgan fingerprint density at radius 3 is 2.83 bits per heavy atom. The van der Waals surface area contributed by atoms with Gasteiger partial charge in [-0.3, -0.25) is 4.90 Å². The maximum Gasteiger partial charge on any atom is 0.0919 e. The van der Waals surface area contributed by atoms with Crippen LogP contribution in [-0.2, 0) is 0 Å². The molecule has 3 heteroatoms. The molecule has 0 aliphatic carbocycles. The molecule has 1 aliphatic heterocycles. The predicted octanol–water partition coefficient (Wildman–Crippen LogP) is 1.79. The number of benzene rings is 1. The van der Waals surface area contributed by atoms with E-state index in [0.717, 1.165) is 30.5 Å². The molecule has 0 aromatic heterocycles. The van der Waals surface area contributed by atoms with Crippen LogP contribution in [0.2, 0.25) is 0 Å². The standard InChI is InChI=1S/C15H23NO2/c1-11-5-6-14(12(2)8-11)15(18)10-16-7-3-4-13(17)9-16/h5-6,8,13,15,17-18H,3-4,7,9-10H2,1-2H3. The maximum atomic E-state index is 10.3. The van der Waals surface area contributed by atoms with Gasteiger partial charge in [0.05, 0.1) is 12.2 Å². The summed E-state index contributed by atoms with van der Waals surface area (Å²) in [7, 11) is 0. The minimum Gasteiger partial charge on any atom is -0.392 e. The predicted molar refractivity (Wildman–Crippen MR) is 72.6 cm³/mol. The van der Waals surface area contributed by atoms with Gasteiger partial charge >= 0.3 is 0 Å². The van der Waals surface area contributed by atoms with Crippen LogP contribution >= 0.6 is 0 Å². The summed E-state index contributed by atoms with van der Waals surface area (Å²) in [5.74, 6) is 0. The molecule has 100 valence electrons. The van der Waals surface area contributed by atoms with Crippen molar-refractivity contribution in [3.8, 4) is 0 Å². The Balaban J connectivity index is 2.00. The van der Waals surface area contributed by atoms with Gasteiger partial charge in [-0.05, 0) is 44.4 Å². The quantitative estimate of drug-likeness (QED) is 0.858. The average Bonchev–Trinajstić information content (AvgIpc) is 2.28. The fourth-order valence-electron chi connectivity index (χ4n) is 2.74. The van der Waals surface area contributed by atoms with Crippen molar-refractivity contribution in [2.24, 2.45) is 0 Å². The number of hydrogen-bond donors (Lipinski definition) is 2. The van der Waals surface area contributed by atoms with Gasteiger partial charge in [0.25, 0.3) is 0 Å². The number of aliphatic hydroxyl groups excluding tert-OH is 2.